The lowest BCUT2D eigenvalue weighted by Gasteiger charge is -2.17. The fraction of sp³-hybridized carbons (Fsp3) is 0.105. The Balaban J connectivity index is 1.68. The van der Waals surface area contributed by atoms with Gasteiger partial charge in [-0.3, -0.25) is 4.79 Å². The number of benzene rings is 2. The first-order valence-electron chi connectivity index (χ1n) is 7.91. The first kappa shape index (κ1) is 16.9. The van der Waals surface area contributed by atoms with Crippen LogP contribution in [0.25, 0.3) is 11.3 Å². The lowest BCUT2D eigenvalue weighted by Crippen LogP contribution is -2.29. The summed E-state index contributed by atoms with van der Waals surface area (Å²) in [7, 11) is 0. The molecule has 0 saturated heterocycles. The molecule has 2 aromatic carbocycles. The Bertz CT molecular complexity index is 1030. The normalized spacial score (nSPS) is 13.0. The van der Waals surface area contributed by atoms with Crippen LogP contribution in [0.3, 0.4) is 0 Å². The second-order valence-corrected chi connectivity index (χ2v) is 6.71. The Kier molecular flexibility index (Phi) is 4.34. The molecule has 4 rings (SSSR count). The van der Waals surface area contributed by atoms with Crippen LogP contribution in [0.1, 0.15) is 16.1 Å². The third-order valence-corrected chi connectivity index (χ3v) is 5.03. The van der Waals surface area contributed by atoms with Gasteiger partial charge >= 0.3 is 0 Å². The quantitative estimate of drug-likeness (QED) is 0.634. The number of rotatable bonds is 2. The molecule has 26 heavy (non-hydrogen) atoms. The molecule has 0 aliphatic carbocycles. The van der Waals surface area contributed by atoms with Crippen LogP contribution in [0, 0.1) is 5.82 Å². The van der Waals surface area contributed by atoms with Gasteiger partial charge in [0, 0.05) is 12.1 Å². The maximum absolute atomic E-state index is 13.6. The molecule has 0 atom stereocenters. The standard InChI is InChI=1S/C19H12Cl2FN3O/c20-14-4-2-12(7-15(14)21)16-9-17(24-10-23-16)19(26)25-6-5-11-1-3-13(22)8-18(11)25/h1-4,7-10H,5-6H2. The molecule has 4 nitrogen and oxygen atoms in total. The van der Waals surface area contributed by atoms with E-state index in [1.807, 2.05) is 0 Å². The number of fused-ring (bicyclic) bond motifs is 1. The Morgan fingerprint density at radius 2 is 1.88 bits per heavy atom. The molecular formula is C19H12Cl2FN3O. The predicted octanol–water partition coefficient (Wildman–Crippen LogP) is 4.79. The molecule has 2 heterocycles. The number of hydrogen-bond acceptors (Lipinski definition) is 3. The number of nitrogens with zero attached hydrogens (tertiary/aromatic N) is 3. The molecule has 0 fully saturated rings. The third-order valence-electron chi connectivity index (χ3n) is 4.29. The van der Waals surface area contributed by atoms with Gasteiger partial charge in [-0.05, 0) is 42.3 Å². The maximum Gasteiger partial charge on any atom is 0.277 e. The zero-order chi connectivity index (χ0) is 18.3. The van der Waals surface area contributed by atoms with Crippen LogP contribution in [0.5, 0.6) is 0 Å². The van der Waals surface area contributed by atoms with E-state index in [-0.39, 0.29) is 17.4 Å². The number of halogens is 3. The zero-order valence-electron chi connectivity index (χ0n) is 13.4. The van der Waals surface area contributed by atoms with E-state index in [0.29, 0.717) is 34.4 Å². The third kappa shape index (κ3) is 3.04. The predicted molar refractivity (Wildman–Crippen MR) is 99.3 cm³/mol. The first-order chi connectivity index (χ1) is 12.5. The molecule has 1 aliphatic heterocycles. The van der Waals surface area contributed by atoms with Gasteiger partial charge in [0.1, 0.15) is 17.8 Å². The highest BCUT2D eigenvalue weighted by molar-refractivity contribution is 6.42. The van der Waals surface area contributed by atoms with Crippen molar-refractivity contribution in [2.45, 2.75) is 6.42 Å². The highest BCUT2D eigenvalue weighted by atomic mass is 35.5. The lowest BCUT2D eigenvalue weighted by atomic mass is 10.1. The lowest BCUT2D eigenvalue weighted by molar-refractivity contribution is 0.0984. The molecule has 0 bridgehead atoms. The number of amides is 1. The first-order valence-corrected chi connectivity index (χ1v) is 8.66. The van der Waals surface area contributed by atoms with Crippen molar-refractivity contribution >= 4 is 34.8 Å². The van der Waals surface area contributed by atoms with Crippen molar-refractivity contribution in [2.75, 3.05) is 11.4 Å². The van der Waals surface area contributed by atoms with Crippen molar-refractivity contribution in [3.63, 3.8) is 0 Å². The van der Waals surface area contributed by atoms with Crippen LogP contribution in [0.2, 0.25) is 10.0 Å². The average molecular weight is 388 g/mol. The Morgan fingerprint density at radius 3 is 2.69 bits per heavy atom. The van der Waals surface area contributed by atoms with Crippen LogP contribution in [0.4, 0.5) is 10.1 Å². The van der Waals surface area contributed by atoms with E-state index >= 15 is 0 Å². The Hall–Kier alpha value is -2.50. The number of carbonyl (C=O) groups is 1. The van der Waals surface area contributed by atoms with Crippen molar-refractivity contribution in [2.24, 2.45) is 0 Å². The fourth-order valence-electron chi connectivity index (χ4n) is 2.99. The molecule has 0 spiro atoms. The van der Waals surface area contributed by atoms with E-state index in [1.54, 1.807) is 35.2 Å². The zero-order valence-corrected chi connectivity index (χ0v) is 14.9. The van der Waals surface area contributed by atoms with Gasteiger partial charge in [0.15, 0.2) is 0 Å². The van der Waals surface area contributed by atoms with Crippen LogP contribution < -0.4 is 4.90 Å². The van der Waals surface area contributed by atoms with Gasteiger partial charge < -0.3 is 4.90 Å². The summed E-state index contributed by atoms with van der Waals surface area (Å²) < 4.78 is 13.6. The minimum absolute atomic E-state index is 0.234. The SMILES string of the molecule is O=C(c1cc(-c2ccc(Cl)c(Cl)c2)ncn1)N1CCc2ccc(F)cc21. The van der Waals surface area contributed by atoms with Gasteiger partial charge in [0.05, 0.1) is 21.4 Å². The minimum Gasteiger partial charge on any atom is -0.306 e. The molecule has 0 unspecified atom stereocenters. The topological polar surface area (TPSA) is 46.1 Å². The molecule has 0 radical (unpaired) electrons. The van der Waals surface area contributed by atoms with Gasteiger partial charge in [0.2, 0.25) is 0 Å². The van der Waals surface area contributed by atoms with E-state index in [4.69, 9.17) is 23.2 Å². The molecule has 3 aromatic rings. The van der Waals surface area contributed by atoms with E-state index in [1.165, 1.54) is 18.5 Å². The summed E-state index contributed by atoms with van der Waals surface area (Å²) in [5.41, 5.74) is 3.05. The largest absolute Gasteiger partial charge is 0.306 e. The summed E-state index contributed by atoms with van der Waals surface area (Å²) in [4.78, 5) is 22.7. The van der Waals surface area contributed by atoms with Crippen molar-refractivity contribution in [1.29, 1.82) is 0 Å². The summed E-state index contributed by atoms with van der Waals surface area (Å²) >= 11 is 12.0. The van der Waals surface area contributed by atoms with Crippen molar-refractivity contribution < 1.29 is 9.18 Å². The Morgan fingerprint density at radius 1 is 1.04 bits per heavy atom. The van der Waals surface area contributed by atoms with Gasteiger partial charge in [-0.1, -0.05) is 35.3 Å². The number of hydrogen-bond donors (Lipinski definition) is 0. The maximum atomic E-state index is 13.6. The van der Waals surface area contributed by atoms with E-state index in [9.17, 15) is 9.18 Å². The van der Waals surface area contributed by atoms with E-state index < -0.39 is 0 Å². The van der Waals surface area contributed by atoms with Crippen molar-refractivity contribution in [3.8, 4) is 11.3 Å². The molecule has 7 heteroatoms. The molecule has 1 amide bonds. The van der Waals surface area contributed by atoms with Crippen molar-refractivity contribution in [1.82, 2.24) is 9.97 Å². The second kappa shape index (κ2) is 6.67. The van der Waals surface area contributed by atoms with Gasteiger partial charge in [-0.25, -0.2) is 14.4 Å². The molecule has 0 N–H and O–H groups in total. The van der Waals surface area contributed by atoms with Gasteiger partial charge in [-0.15, -0.1) is 0 Å². The molecular weight excluding hydrogens is 376 g/mol. The van der Waals surface area contributed by atoms with Crippen LogP contribution in [0.15, 0.2) is 48.8 Å². The number of aromatic nitrogens is 2. The summed E-state index contributed by atoms with van der Waals surface area (Å²) in [6.45, 7) is 0.490. The van der Waals surface area contributed by atoms with E-state index in [2.05, 4.69) is 9.97 Å². The van der Waals surface area contributed by atoms with Crippen LogP contribution >= 0.6 is 23.2 Å². The van der Waals surface area contributed by atoms with E-state index in [0.717, 1.165) is 11.1 Å². The summed E-state index contributed by atoms with van der Waals surface area (Å²) in [5, 5.41) is 0.844. The monoisotopic (exact) mass is 387 g/mol. The smallest absolute Gasteiger partial charge is 0.277 e. The Labute approximate surface area is 159 Å². The molecule has 130 valence electrons. The van der Waals surface area contributed by atoms with Crippen LogP contribution in [-0.2, 0) is 6.42 Å². The molecule has 0 saturated carbocycles. The molecule has 1 aromatic heterocycles. The number of carbonyl (C=O) groups excluding carboxylic acids is 1. The van der Waals surface area contributed by atoms with Crippen LogP contribution in [-0.4, -0.2) is 22.4 Å². The summed E-state index contributed by atoms with van der Waals surface area (Å²) in [5.74, 6) is -0.666. The number of anilines is 1. The average Bonchev–Trinajstić information content (AvgIpc) is 3.06. The van der Waals surface area contributed by atoms with Gasteiger partial charge in [-0.2, -0.15) is 0 Å². The fourth-order valence-corrected chi connectivity index (χ4v) is 3.29. The summed E-state index contributed by atoms with van der Waals surface area (Å²) in [6, 6.07) is 11.2. The van der Waals surface area contributed by atoms with Crippen molar-refractivity contribution in [3.05, 3.63) is 75.9 Å². The highest BCUT2D eigenvalue weighted by Crippen LogP contribution is 2.31. The molecule has 1 aliphatic rings. The minimum atomic E-state index is -0.373. The second-order valence-electron chi connectivity index (χ2n) is 5.90. The summed E-state index contributed by atoms with van der Waals surface area (Å²) in [6.07, 6.45) is 2.01. The highest BCUT2D eigenvalue weighted by Gasteiger charge is 2.27. The van der Waals surface area contributed by atoms with Gasteiger partial charge in [0.25, 0.3) is 5.91 Å².